The summed E-state index contributed by atoms with van der Waals surface area (Å²) < 4.78 is 13.6. The Morgan fingerprint density at radius 3 is 1.15 bits per heavy atom. The number of aliphatic hydroxyl groups excluding tert-OH is 3. The Morgan fingerprint density at radius 1 is 0.704 bits per heavy atom. The van der Waals surface area contributed by atoms with Crippen molar-refractivity contribution < 1.29 is 43.9 Å². The lowest BCUT2D eigenvalue weighted by Crippen LogP contribution is -2.19. The van der Waals surface area contributed by atoms with E-state index in [-0.39, 0.29) is 16.7 Å². The number of carbonyl (C=O) groups excluding carboxylic acids is 3. The Kier molecular flexibility index (Phi) is 10.9. The van der Waals surface area contributed by atoms with Gasteiger partial charge in [0.25, 0.3) is 0 Å². The number of esters is 3. The van der Waals surface area contributed by atoms with Crippen molar-refractivity contribution in [3.8, 4) is 0 Å². The van der Waals surface area contributed by atoms with E-state index in [1.165, 1.54) is 39.0 Å². The molecular weight excluding hydrogens is 360 g/mol. The summed E-state index contributed by atoms with van der Waals surface area (Å²) in [7, 11) is 0. The molecule has 0 aromatic carbocycles. The van der Waals surface area contributed by atoms with E-state index in [2.05, 4.69) is 14.2 Å². The van der Waals surface area contributed by atoms with Gasteiger partial charge >= 0.3 is 17.9 Å². The first kappa shape index (κ1) is 24.5. The molecule has 0 rings (SSSR count). The van der Waals surface area contributed by atoms with E-state index in [0.29, 0.717) is 6.42 Å². The van der Waals surface area contributed by atoms with Crippen molar-refractivity contribution in [3.05, 3.63) is 34.9 Å². The van der Waals surface area contributed by atoms with Crippen LogP contribution in [0.15, 0.2) is 34.9 Å². The van der Waals surface area contributed by atoms with Crippen molar-refractivity contribution in [2.75, 3.05) is 20.4 Å². The lowest BCUT2D eigenvalue weighted by molar-refractivity contribution is -0.147. The molecule has 0 radical (unpaired) electrons. The first-order chi connectivity index (χ1) is 12.7. The summed E-state index contributed by atoms with van der Waals surface area (Å²) in [6, 6.07) is 0. The monoisotopic (exact) mass is 386 g/mol. The molecule has 0 atom stereocenters. The lowest BCUT2D eigenvalue weighted by Gasteiger charge is -2.25. The smallest absolute Gasteiger partial charge is 0.335 e. The van der Waals surface area contributed by atoms with Crippen LogP contribution >= 0.6 is 0 Å². The summed E-state index contributed by atoms with van der Waals surface area (Å²) >= 11 is 0. The van der Waals surface area contributed by atoms with Gasteiger partial charge in [-0.15, -0.1) is 0 Å². The van der Waals surface area contributed by atoms with Crippen LogP contribution in [-0.2, 0) is 28.6 Å². The molecule has 0 spiro atoms. The summed E-state index contributed by atoms with van der Waals surface area (Å²) in [4.78, 5) is 35.5. The van der Waals surface area contributed by atoms with Gasteiger partial charge in [-0.3, -0.25) is 0 Å². The van der Waals surface area contributed by atoms with E-state index in [1.807, 2.05) is 0 Å². The van der Waals surface area contributed by atoms with Gasteiger partial charge in [-0.05, 0) is 27.2 Å². The largest absolute Gasteiger partial charge is 0.435 e. The molecule has 0 aliphatic rings. The van der Waals surface area contributed by atoms with E-state index < -0.39 is 43.7 Å². The van der Waals surface area contributed by atoms with E-state index in [0.717, 1.165) is 0 Å². The van der Waals surface area contributed by atoms with Gasteiger partial charge in [-0.25, -0.2) is 14.4 Å². The second kappa shape index (κ2) is 12.0. The summed E-state index contributed by atoms with van der Waals surface area (Å²) in [5.74, 6) is -2.32. The Labute approximate surface area is 157 Å². The summed E-state index contributed by atoms with van der Waals surface area (Å²) in [6.07, 6.45) is 4.73. The van der Waals surface area contributed by atoms with Gasteiger partial charge in [0.05, 0.1) is 0 Å². The molecule has 27 heavy (non-hydrogen) atoms. The fraction of sp³-hybridized carbons (Fsp3) is 0.500. The first-order valence-electron chi connectivity index (χ1n) is 8.08. The minimum Gasteiger partial charge on any atom is -0.435 e. The number of hydrogen-bond acceptors (Lipinski definition) is 9. The zero-order valence-corrected chi connectivity index (χ0v) is 15.9. The molecule has 9 nitrogen and oxygen atoms in total. The molecule has 0 fully saturated rings. The Morgan fingerprint density at radius 2 is 0.963 bits per heavy atom. The van der Waals surface area contributed by atoms with E-state index >= 15 is 0 Å². The highest BCUT2D eigenvalue weighted by Crippen LogP contribution is 2.33. The zero-order valence-electron chi connectivity index (χ0n) is 15.9. The van der Waals surface area contributed by atoms with Gasteiger partial charge in [-0.2, -0.15) is 0 Å². The maximum atomic E-state index is 11.8. The van der Waals surface area contributed by atoms with Gasteiger partial charge in [0.2, 0.25) is 0 Å². The van der Waals surface area contributed by atoms with Crippen molar-refractivity contribution in [1.29, 1.82) is 0 Å². The molecular formula is C18H26O9. The summed E-state index contributed by atoms with van der Waals surface area (Å²) in [6.45, 7) is 3.73. The molecule has 0 bridgehead atoms. The highest BCUT2D eigenvalue weighted by Gasteiger charge is 2.26. The molecule has 0 unspecified atom stereocenters. The van der Waals surface area contributed by atoms with Crippen LogP contribution in [0.1, 0.15) is 34.1 Å². The van der Waals surface area contributed by atoms with Crippen LogP contribution in [-0.4, -0.2) is 53.6 Å². The highest BCUT2D eigenvalue weighted by atomic mass is 16.6. The molecule has 0 amide bonds. The highest BCUT2D eigenvalue weighted by molar-refractivity contribution is 5.90. The van der Waals surface area contributed by atoms with Crippen LogP contribution in [0, 0.1) is 5.41 Å². The van der Waals surface area contributed by atoms with Gasteiger partial charge < -0.3 is 29.5 Å². The van der Waals surface area contributed by atoms with Crippen molar-refractivity contribution in [1.82, 2.24) is 0 Å². The topological polar surface area (TPSA) is 140 Å². The molecule has 9 heteroatoms. The molecule has 0 aliphatic heterocycles. The Bertz CT molecular complexity index is 545. The van der Waals surface area contributed by atoms with Crippen LogP contribution in [0.4, 0.5) is 0 Å². The third-order valence-electron chi connectivity index (χ3n) is 3.62. The SMILES string of the molecule is CCC(C=C(C)C(=O)OCO)(C=C(C)C(=O)OCO)C=C(C)C(=O)OCO. The standard InChI is InChI=1S/C18H26O9/c1-5-18(6-12(2)15(22)25-9-19,7-13(3)16(23)26-10-20)8-14(4)17(24)27-11-21/h6-8,19-21H,5,9-11H2,1-4H3. The zero-order chi connectivity index (χ0) is 21.0. The number of hydrogen-bond donors (Lipinski definition) is 3. The van der Waals surface area contributed by atoms with Crippen LogP contribution in [0.2, 0.25) is 0 Å². The Hall–Kier alpha value is -2.49. The minimum atomic E-state index is -1.09. The van der Waals surface area contributed by atoms with Gasteiger partial charge in [0.15, 0.2) is 20.4 Å². The predicted octanol–water partition coefficient (Wildman–Crippen LogP) is 0.701. The van der Waals surface area contributed by atoms with Gasteiger partial charge in [0, 0.05) is 22.1 Å². The second-order valence-electron chi connectivity index (χ2n) is 5.63. The van der Waals surface area contributed by atoms with Crippen molar-refractivity contribution in [2.45, 2.75) is 34.1 Å². The van der Waals surface area contributed by atoms with Crippen LogP contribution in [0.5, 0.6) is 0 Å². The summed E-state index contributed by atoms with van der Waals surface area (Å²) in [5.41, 5.74) is -0.699. The average molecular weight is 386 g/mol. The van der Waals surface area contributed by atoms with Crippen LogP contribution in [0.25, 0.3) is 0 Å². The molecule has 0 aromatic heterocycles. The fourth-order valence-corrected chi connectivity index (χ4v) is 2.33. The maximum absolute atomic E-state index is 11.8. The molecule has 152 valence electrons. The molecule has 0 aliphatic carbocycles. The first-order valence-corrected chi connectivity index (χ1v) is 8.08. The molecule has 0 saturated carbocycles. The van der Waals surface area contributed by atoms with E-state index in [4.69, 9.17) is 15.3 Å². The van der Waals surface area contributed by atoms with Gasteiger partial charge in [-0.1, -0.05) is 25.2 Å². The van der Waals surface area contributed by atoms with Crippen LogP contribution in [0.3, 0.4) is 0 Å². The maximum Gasteiger partial charge on any atom is 0.335 e. The number of allylic oxidation sites excluding steroid dienone is 3. The normalized spacial score (nSPS) is 15.0. The molecule has 0 aromatic rings. The molecule has 3 N–H and O–H groups in total. The van der Waals surface area contributed by atoms with Crippen molar-refractivity contribution in [2.24, 2.45) is 5.41 Å². The van der Waals surface area contributed by atoms with E-state index in [9.17, 15) is 14.4 Å². The third kappa shape index (κ3) is 8.16. The van der Waals surface area contributed by atoms with Gasteiger partial charge in [0.1, 0.15) is 0 Å². The lowest BCUT2D eigenvalue weighted by atomic mass is 9.80. The Balaban J connectivity index is 6.26. The minimum absolute atomic E-state index is 0.130. The van der Waals surface area contributed by atoms with Crippen LogP contribution < -0.4 is 0 Å². The molecule has 0 saturated heterocycles. The molecule has 0 heterocycles. The number of carbonyl (C=O) groups is 3. The quantitative estimate of drug-likeness (QED) is 0.214. The van der Waals surface area contributed by atoms with E-state index in [1.54, 1.807) is 6.92 Å². The number of aliphatic hydroxyl groups is 3. The second-order valence-corrected chi connectivity index (χ2v) is 5.63. The third-order valence-corrected chi connectivity index (χ3v) is 3.62. The summed E-state index contributed by atoms with van der Waals surface area (Å²) in [5, 5.41) is 26.2. The van der Waals surface area contributed by atoms with Crippen molar-refractivity contribution >= 4 is 17.9 Å². The number of rotatable bonds is 10. The average Bonchev–Trinajstić information content (AvgIpc) is 2.61. The predicted molar refractivity (Wildman–Crippen MR) is 93.5 cm³/mol. The number of ether oxygens (including phenoxy) is 3. The van der Waals surface area contributed by atoms with Crippen molar-refractivity contribution in [3.63, 3.8) is 0 Å². The fourth-order valence-electron chi connectivity index (χ4n) is 2.33.